The third-order valence-electron chi connectivity index (χ3n) is 0.703. The van der Waals surface area contributed by atoms with E-state index in [4.69, 9.17) is 0 Å². The Labute approximate surface area is 36.2 Å². The Morgan fingerprint density at radius 2 is 2.67 bits per heavy atom. The number of rotatable bonds is 0. The lowest BCUT2D eigenvalue weighted by Crippen LogP contribution is -1.98. The molecule has 0 saturated carbocycles. The van der Waals surface area contributed by atoms with Crippen LogP contribution in [0.15, 0.2) is 5.28 Å². The molecular formula is C3H7N2O+. The van der Waals surface area contributed by atoms with Crippen LogP contribution in [0.25, 0.3) is 0 Å². The lowest BCUT2D eigenvalue weighted by molar-refractivity contribution is -0.559. The summed E-state index contributed by atoms with van der Waals surface area (Å²) in [4.78, 5) is 4.61. The van der Waals surface area contributed by atoms with E-state index in [2.05, 4.69) is 10.1 Å². The first-order valence-corrected chi connectivity index (χ1v) is 1.93. The van der Waals surface area contributed by atoms with Gasteiger partial charge in [-0.05, 0) is 0 Å². The molecule has 1 aliphatic rings. The summed E-state index contributed by atoms with van der Waals surface area (Å²) < 4.78 is 1.76. The predicted molar refractivity (Wildman–Crippen MR) is 19.4 cm³/mol. The highest BCUT2D eigenvalue weighted by molar-refractivity contribution is 4.19. The molecule has 0 amide bonds. The number of hydrogen-bond acceptors (Lipinski definition) is 2. The Morgan fingerprint density at radius 1 is 1.83 bits per heavy atom. The van der Waals surface area contributed by atoms with E-state index in [1.807, 2.05) is 7.05 Å². The molecule has 1 heterocycles. The topological polar surface area (TPSA) is 24.6 Å². The van der Waals surface area contributed by atoms with Crippen molar-refractivity contribution in [2.75, 3.05) is 20.2 Å². The van der Waals surface area contributed by atoms with Crippen molar-refractivity contribution in [3.05, 3.63) is 0 Å². The molecule has 0 spiro atoms. The normalized spacial score (nSPS) is 19.8. The van der Waals surface area contributed by atoms with Gasteiger partial charge < -0.3 is 4.84 Å². The number of hydrogen-bond donors (Lipinski definition) is 0. The van der Waals surface area contributed by atoms with Crippen molar-refractivity contribution in [3.63, 3.8) is 0 Å². The summed E-state index contributed by atoms with van der Waals surface area (Å²) in [5.41, 5.74) is 0. The van der Waals surface area contributed by atoms with Gasteiger partial charge >= 0.3 is 0 Å². The summed E-state index contributed by atoms with van der Waals surface area (Å²) in [5, 5.41) is 3.57. The van der Waals surface area contributed by atoms with Crippen LogP contribution in [-0.2, 0) is 4.84 Å². The molecule has 0 aliphatic carbocycles. The molecule has 0 aromatic rings. The minimum atomic E-state index is 0.747. The molecule has 0 aromatic heterocycles. The standard InChI is InChI=1S/C3H7N2O/c1-5-2-3-6-4-5/h2-3H2,1H3/q+1/i4+1. The predicted octanol–water partition coefficient (Wildman–Crippen LogP) is 0.0261. The van der Waals surface area contributed by atoms with Crippen LogP contribution in [-0.4, -0.2) is 24.9 Å². The van der Waals surface area contributed by atoms with Gasteiger partial charge in [-0.15, -0.1) is 0 Å². The molecule has 34 valence electrons. The van der Waals surface area contributed by atoms with Gasteiger partial charge in [-0.25, -0.2) is 0 Å². The van der Waals surface area contributed by atoms with Crippen LogP contribution in [0.2, 0.25) is 0 Å². The van der Waals surface area contributed by atoms with Crippen LogP contribution in [0.3, 0.4) is 0 Å². The van der Waals surface area contributed by atoms with Crippen molar-refractivity contribution in [2.24, 2.45) is 5.28 Å². The van der Waals surface area contributed by atoms with E-state index in [0.717, 1.165) is 13.2 Å². The number of nitrogens with zero attached hydrogens (tertiary/aromatic N) is 2. The smallest absolute Gasteiger partial charge is 0.208 e. The highest BCUT2D eigenvalue weighted by atomic mass is 16.8. The van der Waals surface area contributed by atoms with Crippen molar-refractivity contribution < 1.29 is 9.53 Å². The first-order valence-electron chi connectivity index (χ1n) is 1.93. The summed E-state index contributed by atoms with van der Waals surface area (Å²) in [6.07, 6.45) is 0. The molecule has 3 nitrogen and oxygen atoms in total. The lowest BCUT2D eigenvalue weighted by Gasteiger charge is -1.67. The maximum atomic E-state index is 4.61. The highest BCUT2D eigenvalue weighted by Crippen LogP contribution is 1.86. The maximum absolute atomic E-state index is 4.61. The molecule has 0 unspecified atom stereocenters. The van der Waals surface area contributed by atoms with Gasteiger partial charge in [0.15, 0.2) is 18.9 Å². The van der Waals surface area contributed by atoms with Crippen molar-refractivity contribution in [3.8, 4) is 0 Å². The van der Waals surface area contributed by atoms with E-state index >= 15 is 0 Å². The third-order valence-corrected chi connectivity index (χ3v) is 0.703. The number of likely N-dealkylation sites (N-methyl/N-ethyl adjacent to an activating group) is 1. The van der Waals surface area contributed by atoms with E-state index in [9.17, 15) is 0 Å². The molecule has 1 rings (SSSR count). The second-order valence-corrected chi connectivity index (χ2v) is 1.30. The van der Waals surface area contributed by atoms with Crippen molar-refractivity contribution in [2.45, 2.75) is 0 Å². The average Bonchev–Trinajstić information content (AvgIpc) is 1.86. The van der Waals surface area contributed by atoms with Gasteiger partial charge in [0.25, 0.3) is 0 Å². The fourth-order valence-electron chi connectivity index (χ4n) is 0.353. The summed E-state index contributed by atoms with van der Waals surface area (Å²) in [6.45, 7) is 1.68. The molecule has 0 radical (unpaired) electrons. The molecule has 0 N–H and O–H groups in total. The van der Waals surface area contributed by atoms with E-state index in [1.165, 1.54) is 0 Å². The van der Waals surface area contributed by atoms with Crippen molar-refractivity contribution in [1.29, 1.82) is 0 Å². The first kappa shape index (κ1) is 3.59. The summed E-state index contributed by atoms with van der Waals surface area (Å²) in [7, 11) is 1.88. The quantitative estimate of drug-likeness (QED) is 0.303. The van der Waals surface area contributed by atoms with Gasteiger partial charge in [-0.1, -0.05) is 4.70 Å². The van der Waals surface area contributed by atoms with Crippen LogP contribution in [0.5, 0.6) is 0 Å². The highest BCUT2D eigenvalue weighted by Gasteiger charge is 2.05. The monoisotopic (exact) mass is 88.1 g/mol. The van der Waals surface area contributed by atoms with E-state index in [0.29, 0.717) is 0 Å². The van der Waals surface area contributed by atoms with Crippen LogP contribution in [0.1, 0.15) is 0 Å². The molecule has 3 heteroatoms. The molecule has 1 aliphatic heterocycles. The van der Waals surface area contributed by atoms with E-state index < -0.39 is 0 Å². The fraction of sp³-hybridized carbons (Fsp3) is 1.00. The maximum Gasteiger partial charge on any atom is 0.208 e. The molecule has 0 aromatic carbocycles. The van der Waals surface area contributed by atoms with Gasteiger partial charge in [-0.2, -0.15) is 0 Å². The van der Waals surface area contributed by atoms with Crippen LogP contribution in [0, 0.1) is 0 Å². The van der Waals surface area contributed by atoms with E-state index in [1.54, 1.807) is 4.70 Å². The fourth-order valence-corrected chi connectivity index (χ4v) is 0.353. The Balaban J connectivity index is 2.45. The SMILES string of the molecule is C[N+]1=[15N]OCC1. The van der Waals surface area contributed by atoms with Gasteiger partial charge in [0.1, 0.15) is 0 Å². The molecule has 0 atom stereocenters. The van der Waals surface area contributed by atoms with Gasteiger partial charge in [0.05, 0.1) is 0 Å². The van der Waals surface area contributed by atoms with E-state index in [-0.39, 0.29) is 0 Å². The average molecular weight is 88.1 g/mol. The zero-order valence-corrected chi connectivity index (χ0v) is 3.72. The second kappa shape index (κ2) is 1.24. The van der Waals surface area contributed by atoms with Crippen LogP contribution in [0.4, 0.5) is 0 Å². The Bertz CT molecular complexity index is 78.9. The second-order valence-electron chi connectivity index (χ2n) is 1.30. The minimum absolute atomic E-state index is 0.747. The summed E-state index contributed by atoms with van der Waals surface area (Å²) >= 11 is 0. The lowest BCUT2D eigenvalue weighted by atomic mass is 10.7. The van der Waals surface area contributed by atoms with Crippen LogP contribution >= 0.6 is 0 Å². The summed E-state index contributed by atoms with van der Waals surface area (Å²) in [5.74, 6) is 0. The van der Waals surface area contributed by atoms with Gasteiger partial charge in [0, 0.05) is 0 Å². The zero-order chi connectivity index (χ0) is 4.41. The molecule has 0 bridgehead atoms. The molecular weight excluding hydrogens is 81.0 g/mol. The largest absolute Gasteiger partial charge is 0.341 e. The minimum Gasteiger partial charge on any atom is -0.341 e. The zero-order valence-electron chi connectivity index (χ0n) is 3.72. The van der Waals surface area contributed by atoms with Crippen molar-refractivity contribution >= 4 is 0 Å². The van der Waals surface area contributed by atoms with Gasteiger partial charge in [-0.3, -0.25) is 0 Å². The third kappa shape index (κ3) is 0.478. The molecule has 0 saturated heterocycles. The Hall–Kier alpha value is -0.600. The first-order chi connectivity index (χ1) is 2.89. The van der Waals surface area contributed by atoms with Crippen LogP contribution < -0.4 is 0 Å². The molecule has 0 fully saturated rings. The summed E-state index contributed by atoms with van der Waals surface area (Å²) in [6, 6.07) is 0. The molecule has 6 heavy (non-hydrogen) atoms. The Morgan fingerprint density at radius 3 is 2.83 bits per heavy atom. The van der Waals surface area contributed by atoms with Gasteiger partial charge in [0.2, 0.25) is 6.54 Å². The van der Waals surface area contributed by atoms with Crippen molar-refractivity contribution in [1.82, 2.24) is 0 Å². The Kier molecular flexibility index (Phi) is 0.742.